The fourth-order valence-electron chi connectivity index (χ4n) is 7.02. The molecule has 292 valence electrons. The molecule has 1 saturated heterocycles. The fourth-order valence-corrected chi connectivity index (χ4v) is 7.66. The maximum Gasteiger partial charge on any atom is 0.410 e. The number of amides is 2. The number of halogens is 3. The topological polar surface area (TPSA) is 135 Å². The molecule has 3 N–H and O–H groups in total. The van der Waals surface area contributed by atoms with Crippen molar-refractivity contribution in [2.45, 2.75) is 89.8 Å². The first-order valence-electron chi connectivity index (χ1n) is 18.1. The van der Waals surface area contributed by atoms with Crippen molar-refractivity contribution in [3.63, 3.8) is 0 Å². The van der Waals surface area contributed by atoms with Crippen LogP contribution >= 0.6 is 23.2 Å². The highest BCUT2D eigenvalue weighted by atomic mass is 35.5. The van der Waals surface area contributed by atoms with Crippen LogP contribution in [0.15, 0.2) is 54.7 Å². The molecular weight excluding hydrogens is 748 g/mol. The number of benzene rings is 2. The lowest BCUT2D eigenvalue weighted by atomic mass is 9.77. The standard InChI is InChI=1S/C41H46Cl2FN5O6/c1-40(2,3)55-39(51)49(22-25-11-13-34(50)47-25)21-23-10-12-32(48-38(23)54-6)29-9-7-8-27(35(29)42)28-14-15-45-37(36(28)43)24-16-31(44)30(33(17-24)53-5)20-46-26-18-41(4,52)19-26/h7-10,12,14-17,25-26,46,52H,11,13,18-22H2,1-6H3,(H,47,50)/t25-,26?,41?/m0/s1. The molecule has 0 bridgehead atoms. The molecule has 3 heterocycles. The molecule has 1 saturated carbocycles. The SMILES string of the molecule is COc1cc(-c2nccc(-c3cccc(-c4ccc(CN(C[C@@H]5CCC(=O)N5)C(=O)OC(C)(C)C)c(OC)n4)c3Cl)c2Cl)cc(F)c1CNC1CC(C)(O)C1. The number of carbonyl (C=O) groups is 2. The highest BCUT2D eigenvalue weighted by Gasteiger charge is 2.38. The van der Waals surface area contributed by atoms with E-state index in [-0.39, 0.29) is 42.6 Å². The lowest BCUT2D eigenvalue weighted by Gasteiger charge is -2.41. The monoisotopic (exact) mass is 793 g/mol. The highest BCUT2D eigenvalue weighted by Crippen LogP contribution is 2.43. The molecule has 2 amide bonds. The Balaban J connectivity index is 1.27. The van der Waals surface area contributed by atoms with E-state index in [0.717, 1.165) is 0 Å². The van der Waals surface area contributed by atoms with Crippen molar-refractivity contribution in [1.29, 1.82) is 0 Å². The van der Waals surface area contributed by atoms with Crippen LogP contribution in [-0.2, 0) is 22.6 Å². The van der Waals surface area contributed by atoms with Crippen LogP contribution in [0.2, 0.25) is 10.0 Å². The minimum absolute atomic E-state index is 0.0469. The Kier molecular flexibility index (Phi) is 11.9. The minimum atomic E-state index is -0.716. The molecule has 1 atom stereocenters. The van der Waals surface area contributed by atoms with Gasteiger partial charge in [0.15, 0.2) is 0 Å². The molecule has 1 aliphatic carbocycles. The number of hydrogen-bond acceptors (Lipinski definition) is 9. The number of nitrogens with zero attached hydrogens (tertiary/aromatic N) is 3. The number of carbonyl (C=O) groups excluding carboxylic acids is 2. The van der Waals surface area contributed by atoms with Crippen LogP contribution in [0.4, 0.5) is 9.18 Å². The van der Waals surface area contributed by atoms with Crippen LogP contribution in [-0.4, -0.2) is 76.0 Å². The van der Waals surface area contributed by atoms with Gasteiger partial charge in [-0.2, -0.15) is 0 Å². The predicted molar refractivity (Wildman–Crippen MR) is 210 cm³/mol. The summed E-state index contributed by atoms with van der Waals surface area (Å²) in [7, 11) is 2.98. The average molecular weight is 795 g/mol. The number of nitrogens with one attached hydrogen (secondary N) is 2. The normalized spacial score (nSPS) is 19.4. The third kappa shape index (κ3) is 9.32. The van der Waals surface area contributed by atoms with Gasteiger partial charge in [-0.05, 0) is 77.3 Å². The first kappa shape index (κ1) is 40.2. The maximum atomic E-state index is 15.6. The number of methoxy groups -OCH3 is 2. The predicted octanol–water partition coefficient (Wildman–Crippen LogP) is 7.96. The van der Waals surface area contributed by atoms with Crippen LogP contribution in [0, 0.1) is 5.82 Å². The zero-order valence-corrected chi connectivity index (χ0v) is 33.3. The van der Waals surface area contributed by atoms with Gasteiger partial charge in [0.1, 0.15) is 17.2 Å². The van der Waals surface area contributed by atoms with Gasteiger partial charge >= 0.3 is 6.09 Å². The molecule has 0 spiro atoms. The maximum absolute atomic E-state index is 15.6. The van der Waals surface area contributed by atoms with Gasteiger partial charge in [-0.15, -0.1) is 0 Å². The van der Waals surface area contributed by atoms with Crippen molar-refractivity contribution in [3.8, 4) is 45.3 Å². The Bertz CT molecular complexity index is 2080. The first-order valence-corrected chi connectivity index (χ1v) is 18.9. The molecular formula is C41H46Cl2FN5O6. The van der Waals surface area contributed by atoms with Gasteiger partial charge < -0.3 is 34.9 Å². The Morgan fingerprint density at radius 1 is 1.07 bits per heavy atom. The number of pyridine rings is 2. The Labute approximate surface area is 330 Å². The number of aromatic nitrogens is 2. The number of aliphatic hydroxyl groups is 1. The van der Waals surface area contributed by atoms with Gasteiger partial charge in [0, 0.05) is 71.2 Å². The average Bonchev–Trinajstić information content (AvgIpc) is 3.53. The van der Waals surface area contributed by atoms with E-state index in [1.54, 1.807) is 57.0 Å². The Morgan fingerprint density at radius 2 is 1.80 bits per heavy atom. The van der Waals surface area contributed by atoms with E-state index in [2.05, 4.69) is 15.6 Å². The van der Waals surface area contributed by atoms with Crippen molar-refractivity contribution >= 4 is 35.2 Å². The summed E-state index contributed by atoms with van der Waals surface area (Å²) in [6.07, 6.45) is 3.29. The molecule has 2 fully saturated rings. The molecule has 2 aromatic heterocycles. The minimum Gasteiger partial charge on any atom is -0.496 e. The fraction of sp³-hybridized carbons (Fsp3) is 0.415. The van der Waals surface area contributed by atoms with Crippen LogP contribution in [0.1, 0.15) is 64.5 Å². The summed E-state index contributed by atoms with van der Waals surface area (Å²) in [4.78, 5) is 36.0. The highest BCUT2D eigenvalue weighted by molar-refractivity contribution is 6.39. The molecule has 14 heteroatoms. The smallest absolute Gasteiger partial charge is 0.410 e. The summed E-state index contributed by atoms with van der Waals surface area (Å²) in [6.45, 7) is 7.82. The molecule has 11 nitrogen and oxygen atoms in total. The first-order chi connectivity index (χ1) is 26.1. The summed E-state index contributed by atoms with van der Waals surface area (Å²) >= 11 is 14.1. The molecule has 2 aromatic carbocycles. The zero-order chi connectivity index (χ0) is 39.7. The number of rotatable bonds is 12. The van der Waals surface area contributed by atoms with E-state index in [0.29, 0.717) is 87.1 Å². The van der Waals surface area contributed by atoms with Gasteiger partial charge in [0.05, 0.1) is 47.8 Å². The summed E-state index contributed by atoms with van der Waals surface area (Å²) in [5.74, 6) is 0.120. The third-order valence-electron chi connectivity index (χ3n) is 9.71. The molecule has 2 aliphatic rings. The molecule has 6 rings (SSSR count). The quantitative estimate of drug-likeness (QED) is 0.131. The summed E-state index contributed by atoms with van der Waals surface area (Å²) in [5, 5.41) is 16.9. The summed E-state index contributed by atoms with van der Waals surface area (Å²) < 4.78 is 32.6. The number of hydrogen-bond donors (Lipinski definition) is 3. The number of ether oxygens (including phenoxy) is 3. The van der Waals surface area contributed by atoms with Gasteiger partial charge in [-0.3, -0.25) is 9.78 Å². The molecule has 55 heavy (non-hydrogen) atoms. The third-order valence-corrected chi connectivity index (χ3v) is 10.5. The second kappa shape index (κ2) is 16.3. The molecule has 1 aliphatic heterocycles. The largest absolute Gasteiger partial charge is 0.496 e. The van der Waals surface area contributed by atoms with Crippen LogP contribution < -0.4 is 20.1 Å². The molecule has 4 aromatic rings. The lowest BCUT2D eigenvalue weighted by molar-refractivity contribution is -0.119. The van der Waals surface area contributed by atoms with Crippen molar-refractivity contribution in [2.24, 2.45) is 0 Å². The Hall–Kier alpha value is -4.49. The van der Waals surface area contributed by atoms with Gasteiger partial charge in [-0.25, -0.2) is 14.2 Å². The van der Waals surface area contributed by atoms with Gasteiger partial charge in [-0.1, -0.05) is 41.4 Å². The van der Waals surface area contributed by atoms with Crippen LogP contribution in [0.5, 0.6) is 11.6 Å². The van der Waals surface area contributed by atoms with Crippen molar-refractivity contribution in [2.75, 3.05) is 20.8 Å². The van der Waals surface area contributed by atoms with Gasteiger partial charge in [0.2, 0.25) is 11.8 Å². The van der Waals surface area contributed by atoms with E-state index in [9.17, 15) is 14.7 Å². The van der Waals surface area contributed by atoms with E-state index in [1.165, 1.54) is 20.3 Å². The van der Waals surface area contributed by atoms with Gasteiger partial charge in [0.25, 0.3) is 0 Å². The van der Waals surface area contributed by atoms with E-state index in [4.69, 9.17) is 42.4 Å². The van der Waals surface area contributed by atoms with Crippen LogP contribution in [0.25, 0.3) is 33.6 Å². The Morgan fingerprint density at radius 3 is 2.45 bits per heavy atom. The molecule has 0 radical (unpaired) electrons. The van der Waals surface area contributed by atoms with Crippen molar-refractivity contribution < 1.29 is 33.3 Å². The van der Waals surface area contributed by atoms with Crippen molar-refractivity contribution in [1.82, 2.24) is 25.5 Å². The van der Waals surface area contributed by atoms with E-state index in [1.807, 2.05) is 24.3 Å². The molecule has 0 unspecified atom stereocenters. The lowest BCUT2D eigenvalue weighted by Crippen LogP contribution is -2.51. The van der Waals surface area contributed by atoms with E-state index < -0.39 is 23.1 Å². The second-order valence-corrected chi connectivity index (χ2v) is 16.1. The second-order valence-electron chi connectivity index (χ2n) is 15.3. The summed E-state index contributed by atoms with van der Waals surface area (Å²) in [6, 6.07) is 13.8. The summed E-state index contributed by atoms with van der Waals surface area (Å²) in [5.41, 5.74) is 2.69. The van der Waals surface area contributed by atoms with E-state index >= 15 is 4.39 Å². The zero-order valence-electron chi connectivity index (χ0n) is 31.8. The van der Waals surface area contributed by atoms with Crippen LogP contribution in [0.3, 0.4) is 0 Å². The van der Waals surface area contributed by atoms with Crippen molar-refractivity contribution in [3.05, 3.63) is 81.7 Å².